The number of fused-ring (bicyclic) bond motifs is 1. The van der Waals surface area contributed by atoms with Gasteiger partial charge in [0.15, 0.2) is 5.65 Å². The molecule has 3 aliphatic rings. The van der Waals surface area contributed by atoms with Crippen LogP contribution in [0.5, 0.6) is 0 Å². The van der Waals surface area contributed by atoms with E-state index < -0.39 is 0 Å². The number of pyridine rings is 1. The Kier molecular flexibility index (Phi) is 7.15. The second kappa shape index (κ2) is 11.2. The molecule has 4 amide bonds. The van der Waals surface area contributed by atoms with Gasteiger partial charge in [0.25, 0.3) is 0 Å². The highest BCUT2D eigenvalue weighted by atomic mass is 16.3. The molecule has 45 heavy (non-hydrogen) atoms. The number of imide groups is 1. The summed E-state index contributed by atoms with van der Waals surface area (Å²) < 4.78 is 1.92. The van der Waals surface area contributed by atoms with Crippen molar-refractivity contribution in [3.63, 3.8) is 0 Å². The van der Waals surface area contributed by atoms with Crippen LogP contribution in [0.1, 0.15) is 72.7 Å². The van der Waals surface area contributed by atoms with Gasteiger partial charge >= 0.3 is 6.03 Å². The number of carbonyl (C=O) groups is 3. The fourth-order valence-corrected chi connectivity index (χ4v) is 5.73. The van der Waals surface area contributed by atoms with Crippen LogP contribution in [-0.2, 0) is 16.0 Å². The lowest BCUT2D eigenvalue weighted by Crippen LogP contribution is -2.30. The monoisotopic (exact) mass is 610 g/mol. The lowest BCUT2D eigenvalue weighted by molar-refractivity contribution is -0.124. The van der Waals surface area contributed by atoms with E-state index in [2.05, 4.69) is 30.6 Å². The van der Waals surface area contributed by atoms with E-state index in [-0.39, 0.29) is 55.3 Å². The smallest absolute Gasteiger partial charge is 0.331 e. The van der Waals surface area contributed by atoms with E-state index in [1.54, 1.807) is 12.3 Å². The van der Waals surface area contributed by atoms with Gasteiger partial charge in [-0.1, -0.05) is 0 Å². The summed E-state index contributed by atoms with van der Waals surface area (Å²) in [4.78, 5) is 63.6. The first kappa shape index (κ1) is 28.8. The lowest BCUT2D eigenvalue weighted by Gasteiger charge is -2.17. The van der Waals surface area contributed by atoms with Crippen LogP contribution in [0, 0.1) is 12.8 Å². The quantitative estimate of drug-likeness (QED) is 0.227. The van der Waals surface area contributed by atoms with Crippen LogP contribution in [0.3, 0.4) is 0 Å². The molecular weight excluding hydrogens is 576 g/mol. The number of aryl methyl sites for hydroxylation is 1. The van der Waals surface area contributed by atoms with Crippen LogP contribution >= 0.6 is 0 Å². The molecule has 7 rings (SSSR count). The van der Waals surface area contributed by atoms with Crippen molar-refractivity contribution >= 4 is 40.8 Å². The molecule has 0 radical (unpaired) electrons. The van der Waals surface area contributed by atoms with Crippen molar-refractivity contribution in [1.29, 1.82) is 0 Å². The zero-order chi connectivity index (χ0) is 31.4. The van der Waals surface area contributed by atoms with Gasteiger partial charge in [0.1, 0.15) is 29.8 Å². The van der Waals surface area contributed by atoms with Crippen molar-refractivity contribution < 1.29 is 19.5 Å². The summed E-state index contributed by atoms with van der Waals surface area (Å²) in [5.74, 6) is 1.56. The van der Waals surface area contributed by atoms with Crippen LogP contribution in [0.25, 0.3) is 5.65 Å². The first-order chi connectivity index (χ1) is 21.7. The van der Waals surface area contributed by atoms with Crippen LogP contribution in [0.2, 0.25) is 0 Å². The van der Waals surface area contributed by atoms with E-state index in [0.29, 0.717) is 52.7 Å². The Morgan fingerprint density at radius 2 is 1.91 bits per heavy atom. The number of hydrogen-bond acceptors (Lipinski definition) is 10. The van der Waals surface area contributed by atoms with Crippen LogP contribution in [-0.4, -0.2) is 77.4 Å². The van der Waals surface area contributed by atoms with Crippen molar-refractivity contribution in [2.75, 3.05) is 35.7 Å². The summed E-state index contributed by atoms with van der Waals surface area (Å²) in [7, 11) is 1.49. The average Bonchev–Trinajstić information content (AvgIpc) is 3.94. The van der Waals surface area contributed by atoms with Gasteiger partial charge in [-0.2, -0.15) is 0 Å². The second-order valence-corrected chi connectivity index (χ2v) is 12.0. The van der Waals surface area contributed by atoms with Crippen LogP contribution < -0.4 is 15.5 Å². The highest BCUT2D eigenvalue weighted by molar-refractivity contribution is 6.13. The Morgan fingerprint density at radius 1 is 1.11 bits per heavy atom. The maximum atomic E-state index is 13.1. The molecule has 3 atom stereocenters. The molecule has 14 heteroatoms. The third-order valence-corrected chi connectivity index (χ3v) is 8.54. The molecule has 1 saturated heterocycles. The zero-order valence-corrected chi connectivity index (χ0v) is 25.3. The highest BCUT2D eigenvalue weighted by Gasteiger charge is 2.46. The van der Waals surface area contributed by atoms with Gasteiger partial charge < -0.3 is 20.1 Å². The second-order valence-electron chi connectivity index (χ2n) is 12.0. The molecule has 14 nitrogen and oxygen atoms in total. The molecule has 2 aliphatic carbocycles. The molecule has 0 bridgehead atoms. The molecule has 2 saturated carbocycles. The summed E-state index contributed by atoms with van der Waals surface area (Å²) in [6, 6.07) is 4.76. The molecule has 3 N–H and O–H groups in total. The van der Waals surface area contributed by atoms with E-state index in [4.69, 9.17) is 4.98 Å². The van der Waals surface area contributed by atoms with E-state index >= 15 is 0 Å². The number of rotatable bonds is 10. The summed E-state index contributed by atoms with van der Waals surface area (Å²) in [5, 5.41) is 15.8. The SMILES string of the molecule is Cc1ccnc([C@H]2C[C@@H]2C(=O)Nc2cc(N[C@H](C)c3cn4cc(C5CC5)cc(N5CC(=O)N(C)C5=O)c4n3)nc(CCO)n2)n1. The standard InChI is InChI=1S/C31H34N10O4/c1-16-6-8-32-28(33-16)20-11-21(20)30(44)38-26-12-25(36-24(37-26)7-9-42)34-17(2)22-14-40-13-19(18-4-5-18)10-23(29(40)35-22)41-15-27(43)39(3)31(41)45/h6,8,10,12-14,17-18,20-21,42H,4-5,7,9,11,15H2,1-3H3,(H2,34,36,37,38,44)/t17-,20+,21+/m1/s1. The Labute approximate surface area is 258 Å². The number of likely N-dealkylation sites (N-methyl/N-ethyl adjacent to an activating group) is 1. The third-order valence-electron chi connectivity index (χ3n) is 8.54. The van der Waals surface area contributed by atoms with Gasteiger partial charge in [0.2, 0.25) is 11.8 Å². The number of amides is 4. The van der Waals surface area contributed by atoms with Crippen molar-refractivity contribution in [3.05, 3.63) is 65.4 Å². The molecule has 3 fully saturated rings. The summed E-state index contributed by atoms with van der Waals surface area (Å²) in [5.41, 5.74) is 3.84. The fourth-order valence-electron chi connectivity index (χ4n) is 5.73. The van der Waals surface area contributed by atoms with Crippen LogP contribution in [0.4, 0.5) is 22.1 Å². The maximum Gasteiger partial charge on any atom is 0.331 e. The van der Waals surface area contributed by atoms with E-state index in [1.807, 2.05) is 42.8 Å². The molecule has 5 heterocycles. The van der Waals surface area contributed by atoms with Gasteiger partial charge in [-0.15, -0.1) is 0 Å². The molecule has 0 aromatic carbocycles. The van der Waals surface area contributed by atoms with Gasteiger partial charge in [-0.3, -0.25) is 19.4 Å². The molecule has 1 aliphatic heterocycles. The predicted octanol–water partition coefficient (Wildman–Crippen LogP) is 2.95. The van der Waals surface area contributed by atoms with E-state index in [0.717, 1.165) is 29.0 Å². The minimum Gasteiger partial charge on any atom is -0.396 e. The predicted molar refractivity (Wildman–Crippen MR) is 164 cm³/mol. The number of aromatic nitrogens is 6. The molecule has 232 valence electrons. The average molecular weight is 611 g/mol. The van der Waals surface area contributed by atoms with Crippen molar-refractivity contribution in [2.45, 2.75) is 57.4 Å². The number of nitrogens with one attached hydrogen (secondary N) is 2. The topological polar surface area (TPSA) is 171 Å². The minimum absolute atomic E-state index is 0.0300. The Bertz CT molecular complexity index is 1840. The Balaban J connectivity index is 1.12. The number of imidazole rings is 1. The van der Waals surface area contributed by atoms with Gasteiger partial charge in [0, 0.05) is 55.7 Å². The number of aliphatic hydroxyl groups excluding tert-OH is 1. The molecule has 4 aromatic rings. The molecule has 0 spiro atoms. The molecule has 0 unspecified atom stereocenters. The van der Waals surface area contributed by atoms with E-state index in [1.165, 1.54) is 11.9 Å². The first-order valence-corrected chi connectivity index (χ1v) is 15.1. The number of carbonyl (C=O) groups excluding carboxylic acids is 3. The van der Waals surface area contributed by atoms with Crippen LogP contribution in [0.15, 0.2) is 36.8 Å². The number of hydrogen-bond donors (Lipinski definition) is 3. The molecule has 4 aromatic heterocycles. The largest absolute Gasteiger partial charge is 0.396 e. The molecular formula is C31H34N10O4. The summed E-state index contributed by atoms with van der Waals surface area (Å²) in [6.07, 6.45) is 8.70. The Morgan fingerprint density at radius 3 is 2.62 bits per heavy atom. The number of urea groups is 1. The van der Waals surface area contributed by atoms with Gasteiger partial charge in [0.05, 0.1) is 24.0 Å². The van der Waals surface area contributed by atoms with Gasteiger partial charge in [-0.25, -0.2) is 29.7 Å². The lowest BCUT2D eigenvalue weighted by atomic mass is 10.1. The highest BCUT2D eigenvalue weighted by Crippen LogP contribution is 2.46. The minimum atomic E-state index is -0.374. The van der Waals surface area contributed by atoms with Crippen molar-refractivity contribution in [1.82, 2.24) is 34.2 Å². The summed E-state index contributed by atoms with van der Waals surface area (Å²) >= 11 is 0. The summed E-state index contributed by atoms with van der Waals surface area (Å²) in [6.45, 7) is 3.66. The van der Waals surface area contributed by atoms with E-state index in [9.17, 15) is 19.5 Å². The Hall–Kier alpha value is -4.98. The fraction of sp³-hybridized carbons (Fsp3) is 0.419. The first-order valence-electron chi connectivity index (χ1n) is 15.1. The number of anilines is 3. The number of nitrogens with zero attached hydrogens (tertiary/aromatic N) is 8. The van der Waals surface area contributed by atoms with Gasteiger partial charge in [-0.05, 0) is 56.7 Å². The number of aliphatic hydroxyl groups is 1. The normalized spacial score (nSPS) is 20.2. The zero-order valence-electron chi connectivity index (χ0n) is 25.3. The van der Waals surface area contributed by atoms with Crippen molar-refractivity contribution in [3.8, 4) is 0 Å². The van der Waals surface area contributed by atoms with Crippen molar-refractivity contribution in [2.24, 2.45) is 5.92 Å². The maximum absolute atomic E-state index is 13.1. The third kappa shape index (κ3) is 5.68.